The topological polar surface area (TPSA) is 558 Å². The van der Waals surface area contributed by atoms with Crippen LogP contribution in [0.15, 0.2) is 9.98 Å². The molecule has 0 aromatic heterocycles. The lowest BCUT2D eigenvalue weighted by atomic mass is 10.0. The maximum atomic E-state index is 14.0. The summed E-state index contributed by atoms with van der Waals surface area (Å²) in [6.45, 7) is 1.07. The molecular weight excluding hydrogens is 1050 g/mol. The second-order valence-corrected chi connectivity index (χ2v) is 18.8. The highest BCUT2D eigenvalue weighted by atomic mass is 16.4. The van der Waals surface area contributed by atoms with Gasteiger partial charge in [0.1, 0.15) is 54.4 Å². The Bertz CT molecular complexity index is 2220. The van der Waals surface area contributed by atoms with Crippen LogP contribution in [-0.2, 0) is 57.5 Å². The lowest BCUT2D eigenvalue weighted by Gasteiger charge is -2.29. The van der Waals surface area contributed by atoms with Crippen molar-refractivity contribution in [3.63, 3.8) is 0 Å². The molecule has 2 saturated heterocycles. The van der Waals surface area contributed by atoms with Gasteiger partial charge < -0.3 is 107 Å². The summed E-state index contributed by atoms with van der Waals surface area (Å²) in [5.41, 5.74) is 21.8. The molecule has 2 heterocycles. The first-order valence-electron chi connectivity index (χ1n) is 25.4. The van der Waals surface area contributed by atoms with Crippen molar-refractivity contribution in [2.45, 2.75) is 139 Å². The Labute approximate surface area is 453 Å². The number of aliphatic hydroxyl groups excluding tert-OH is 3. The summed E-state index contributed by atoms with van der Waals surface area (Å²) in [7, 11) is 0. The molecule has 0 aliphatic carbocycles. The molecule has 2 rings (SSSR count). The zero-order chi connectivity index (χ0) is 59.5. The molecule has 34 nitrogen and oxygen atoms in total. The van der Waals surface area contributed by atoms with E-state index in [2.05, 4.69) is 57.8 Å². The summed E-state index contributed by atoms with van der Waals surface area (Å²) < 4.78 is 0. The van der Waals surface area contributed by atoms with Crippen molar-refractivity contribution in [3.8, 4) is 0 Å². The molecule has 0 bridgehead atoms. The monoisotopic (exact) mass is 1130 g/mol. The van der Waals surface area contributed by atoms with E-state index < -0.39 is 170 Å². The van der Waals surface area contributed by atoms with Crippen LogP contribution in [0.4, 0.5) is 0 Å². The van der Waals surface area contributed by atoms with Crippen LogP contribution < -0.4 is 76.1 Å². The first-order chi connectivity index (χ1) is 37.2. The SMILES string of the molecule is CC(C)[C@H](NC(=O)[C@H](CO)NC(=O)[C@@H]1CCCN1)C(=O)N[C@@H](CCCN=C(N)N)C(=O)N[C@@H](CCCN=C(N)N)C(=O)NCC(=O)N[C@@H](CC(=O)O)C(=O)N[C@@H](CO)C(=O)N1CCC[C@H]1C(=O)N[C@@H](C)C(=O)N[C@@H](CO)C(=O)O. The number of aliphatic carboxylic acids is 2. The molecule has 34 heteroatoms. The van der Waals surface area contributed by atoms with E-state index in [0.29, 0.717) is 13.0 Å². The highest BCUT2D eigenvalue weighted by molar-refractivity contribution is 5.99. The van der Waals surface area contributed by atoms with Gasteiger partial charge in [-0.2, -0.15) is 0 Å². The zero-order valence-corrected chi connectivity index (χ0v) is 44.2. The van der Waals surface area contributed by atoms with Crippen molar-refractivity contribution >= 4 is 82.9 Å². The van der Waals surface area contributed by atoms with Gasteiger partial charge in [-0.05, 0) is 70.8 Å². The molecule has 10 atom stereocenters. The fourth-order valence-electron chi connectivity index (χ4n) is 7.98. The second kappa shape index (κ2) is 34.0. The Balaban J connectivity index is 2.25. The van der Waals surface area contributed by atoms with Crippen molar-refractivity contribution in [1.29, 1.82) is 0 Å². The number of nitrogens with two attached hydrogens (primary N) is 4. The summed E-state index contributed by atoms with van der Waals surface area (Å²) in [5.74, 6) is -13.9. The van der Waals surface area contributed by atoms with Crippen LogP contribution in [0.3, 0.4) is 0 Å². The number of amides is 10. The lowest BCUT2D eigenvalue weighted by molar-refractivity contribution is -0.145. The van der Waals surface area contributed by atoms with Gasteiger partial charge in [-0.15, -0.1) is 0 Å². The Kier molecular flexibility index (Phi) is 28.9. The Morgan fingerprint density at radius 1 is 0.582 bits per heavy atom. The summed E-state index contributed by atoms with van der Waals surface area (Å²) in [6.07, 6.45) is 0.271. The molecule has 444 valence electrons. The fourth-order valence-corrected chi connectivity index (χ4v) is 7.98. The third-order valence-corrected chi connectivity index (χ3v) is 12.2. The maximum absolute atomic E-state index is 14.0. The number of carbonyl (C=O) groups excluding carboxylic acids is 10. The Morgan fingerprint density at radius 3 is 1.63 bits per heavy atom. The molecule has 0 unspecified atom stereocenters. The second-order valence-electron chi connectivity index (χ2n) is 18.8. The van der Waals surface area contributed by atoms with Gasteiger partial charge in [-0.25, -0.2) is 4.79 Å². The number of rotatable bonds is 34. The molecular formula is C45H77N17O17. The van der Waals surface area contributed by atoms with Crippen LogP contribution in [0.2, 0.25) is 0 Å². The largest absolute Gasteiger partial charge is 0.481 e. The van der Waals surface area contributed by atoms with Gasteiger partial charge in [0.25, 0.3) is 0 Å². The maximum Gasteiger partial charge on any atom is 0.328 e. The van der Waals surface area contributed by atoms with Gasteiger partial charge >= 0.3 is 11.9 Å². The number of nitrogens with one attached hydrogen (secondary N) is 10. The fraction of sp³-hybridized carbons (Fsp3) is 0.689. The van der Waals surface area contributed by atoms with Crippen molar-refractivity contribution < 1.29 is 83.1 Å². The first-order valence-corrected chi connectivity index (χ1v) is 25.4. The quantitative estimate of drug-likeness (QED) is 0.0162. The Hall–Kier alpha value is -7.98. The van der Waals surface area contributed by atoms with Gasteiger partial charge in [-0.3, -0.25) is 62.7 Å². The lowest BCUT2D eigenvalue weighted by Crippen LogP contribution is -2.60. The van der Waals surface area contributed by atoms with Crippen LogP contribution in [0, 0.1) is 5.92 Å². The minimum Gasteiger partial charge on any atom is -0.481 e. The summed E-state index contributed by atoms with van der Waals surface area (Å²) >= 11 is 0. The Morgan fingerprint density at radius 2 is 1.11 bits per heavy atom. The number of nitrogens with zero attached hydrogens (tertiary/aromatic N) is 3. The van der Waals surface area contributed by atoms with Crippen LogP contribution in [-0.4, -0.2) is 226 Å². The molecule has 23 N–H and O–H groups in total. The van der Waals surface area contributed by atoms with Gasteiger partial charge in [0.15, 0.2) is 11.9 Å². The molecule has 2 aliphatic rings. The number of carboxylic acid groups (broad SMARTS) is 2. The third kappa shape index (κ3) is 23.3. The van der Waals surface area contributed by atoms with Crippen molar-refractivity contribution in [2.24, 2.45) is 38.8 Å². The normalized spacial score (nSPS) is 17.8. The summed E-state index contributed by atoms with van der Waals surface area (Å²) in [6, 6.07) is -14.3. The smallest absolute Gasteiger partial charge is 0.328 e. The molecule has 0 radical (unpaired) electrons. The molecule has 0 spiro atoms. The molecule has 79 heavy (non-hydrogen) atoms. The highest BCUT2D eigenvalue weighted by Crippen LogP contribution is 2.19. The summed E-state index contributed by atoms with van der Waals surface area (Å²) in [5, 5.41) is 72.0. The van der Waals surface area contributed by atoms with Crippen LogP contribution >= 0.6 is 0 Å². The van der Waals surface area contributed by atoms with Gasteiger partial charge in [0.2, 0.25) is 59.1 Å². The minimum absolute atomic E-state index is 0.0111. The van der Waals surface area contributed by atoms with Crippen LogP contribution in [0.1, 0.15) is 78.6 Å². The van der Waals surface area contributed by atoms with Crippen LogP contribution in [0.25, 0.3) is 0 Å². The molecule has 2 fully saturated rings. The van der Waals surface area contributed by atoms with E-state index in [1.54, 1.807) is 13.8 Å². The number of aliphatic hydroxyl groups is 3. The van der Waals surface area contributed by atoms with Crippen molar-refractivity contribution in [2.75, 3.05) is 52.5 Å². The number of likely N-dealkylation sites (tertiary alicyclic amines) is 1. The van der Waals surface area contributed by atoms with E-state index in [4.69, 9.17) is 28.0 Å². The molecule has 0 saturated carbocycles. The van der Waals surface area contributed by atoms with E-state index in [-0.39, 0.29) is 70.1 Å². The summed E-state index contributed by atoms with van der Waals surface area (Å²) in [4.78, 5) is 165. The first kappa shape index (κ1) is 67.1. The van der Waals surface area contributed by atoms with E-state index in [1.165, 1.54) is 6.92 Å². The minimum atomic E-state index is -1.94. The number of carbonyl (C=O) groups is 12. The van der Waals surface area contributed by atoms with Crippen molar-refractivity contribution in [3.05, 3.63) is 0 Å². The van der Waals surface area contributed by atoms with E-state index in [9.17, 15) is 78.0 Å². The standard InChI is InChI=1S/C45H77N17O17/c1-21(2)33(61-39(74)27(18-63)58-36(71)23-8-4-12-50-23)41(76)57-25(10-6-14-52-45(48)49)37(72)56-24(9-5-13-51-44(46)47)35(70)53-17-31(66)55-26(16-32(67)68)38(73)59-28(19-64)42(77)62-15-7-11-30(62)40(75)54-22(3)34(69)60-29(20-65)43(78)79/h21-30,33,50,63-65H,4-20H2,1-3H3,(H,53,70)(H,54,75)(H,55,66)(H,56,72)(H,57,76)(H,58,71)(H,59,73)(H,60,69)(H,61,74)(H,67,68)(H,78,79)(H4,46,47,51)(H4,48,49,52)/t22-,23-,24-,25-,26-,27-,28-,29-,30-,33-/m0/s1. The van der Waals surface area contributed by atoms with Gasteiger partial charge in [-0.1, -0.05) is 13.8 Å². The van der Waals surface area contributed by atoms with E-state index in [1.807, 2.05) is 5.32 Å². The van der Waals surface area contributed by atoms with E-state index in [0.717, 1.165) is 11.3 Å². The third-order valence-electron chi connectivity index (χ3n) is 12.2. The number of carboxylic acids is 2. The van der Waals surface area contributed by atoms with E-state index >= 15 is 0 Å². The average Bonchev–Trinajstić information content (AvgIpc) is 4.12. The number of hydrogen-bond donors (Lipinski definition) is 19. The predicted molar refractivity (Wildman–Crippen MR) is 276 cm³/mol. The number of guanidine groups is 2. The number of aliphatic imine (C=N–C) groups is 2. The van der Waals surface area contributed by atoms with Gasteiger partial charge in [0, 0.05) is 19.6 Å². The average molecular weight is 1130 g/mol. The number of hydrogen-bond acceptors (Lipinski definition) is 18. The van der Waals surface area contributed by atoms with Crippen molar-refractivity contribution in [1.82, 2.24) is 58.1 Å². The molecule has 2 aliphatic heterocycles. The molecule has 0 aromatic rings. The predicted octanol–water partition coefficient (Wildman–Crippen LogP) is -9.96. The zero-order valence-electron chi connectivity index (χ0n) is 44.2. The van der Waals surface area contributed by atoms with Crippen LogP contribution in [0.5, 0.6) is 0 Å². The molecule has 10 amide bonds. The van der Waals surface area contributed by atoms with Gasteiger partial charge in [0.05, 0.1) is 38.8 Å². The highest BCUT2D eigenvalue weighted by Gasteiger charge is 2.40. The molecule has 0 aromatic carbocycles.